The topological polar surface area (TPSA) is 110 Å². The first-order valence-electron chi connectivity index (χ1n) is 10.8. The number of ether oxygens (including phenoxy) is 1. The predicted octanol–water partition coefficient (Wildman–Crippen LogP) is 5.14. The van der Waals surface area contributed by atoms with Crippen LogP contribution in [0.5, 0.6) is 5.88 Å². The van der Waals surface area contributed by atoms with Crippen molar-refractivity contribution in [2.75, 3.05) is 17.1 Å². The lowest BCUT2D eigenvalue weighted by Gasteiger charge is -2.16. The molecule has 8 nitrogen and oxygen atoms in total. The van der Waals surface area contributed by atoms with E-state index in [1.165, 1.54) is 30.7 Å². The van der Waals surface area contributed by atoms with Crippen LogP contribution in [0.1, 0.15) is 28.5 Å². The highest BCUT2D eigenvalue weighted by atomic mass is 32.2. The number of carbonyl (C=O) groups excluding carboxylic acids is 1. The Bertz CT molecular complexity index is 1470. The minimum Gasteiger partial charge on any atom is -0.480 e. The second kappa shape index (κ2) is 10.2. The fourth-order valence-corrected chi connectivity index (χ4v) is 5.62. The molecule has 0 atom stereocenters. The fourth-order valence-electron chi connectivity index (χ4n) is 3.49. The number of methoxy groups -OCH3 is 1. The zero-order chi connectivity index (χ0) is 25.0. The first kappa shape index (κ1) is 24.4. The Hall–Kier alpha value is -3.76. The van der Waals surface area contributed by atoms with E-state index in [2.05, 4.69) is 20.0 Å². The molecule has 2 heterocycles. The molecular formula is C25H24N4O4S2. The van der Waals surface area contributed by atoms with Gasteiger partial charge in [0.25, 0.3) is 15.9 Å². The van der Waals surface area contributed by atoms with Crippen molar-refractivity contribution in [1.82, 2.24) is 9.97 Å². The molecule has 2 aromatic carbocycles. The molecule has 0 fully saturated rings. The van der Waals surface area contributed by atoms with Crippen LogP contribution in [0, 0.1) is 6.92 Å². The number of aromatic nitrogens is 2. The SMILES string of the molecule is CCc1cccc(C)c1NS(=O)(=O)c1cc(NC(=O)c2csc(-c3ccccc3)n2)cnc1OC. The van der Waals surface area contributed by atoms with Gasteiger partial charge in [-0.2, -0.15) is 0 Å². The summed E-state index contributed by atoms with van der Waals surface area (Å²) in [5.74, 6) is -0.555. The van der Waals surface area contributed by atoms with Crippen LogP contribution in [-0.2, 0) is 16.4 Å². The van der Waals surface area contributed by atoms with Crippen molar-refractivity contribution in [3.05, 3.63) is 83.0 Å². The van der Waals surface area contributed by atoms with E-state index in [1.807, 2.05) is 62.4 Å². The van der Waals surface area contributed by atoms with E-state index in [4.69, 9.17) is 4.74 Å². The standard InChI is InChI=1S/C25H24N4O4S2/c1-4-17-12-8-9-16(2)22(17)29-35(31,32)21-13-19(14-26-24(21)33-3)27-23(30)20-15-34-25(28-20)18-10-6-5-7-11-18/h5-15,29H,4H2,1-3H3,(H,27,30). The van der Waals surface area contributed by atoms with E-state index >= 15 is 0 Å². The molecule has 2 aromatic heterocycles. The van der Waals surface area contributed by atoms with Gasteiger partial charge in [-0.15, -0.1) is 11.3 Å². The first-order valence-corrected chi connectivity index (χ1v) is 13.2. The minimum atomic E-state index is -4.07. The van der Waals surface area contributed by atoms with Crippen LogP contribution in [-0.4, -0.2) is 31.4 Å². The molecule has 0 aliphatic rings. The van der Waals surface area contributed by atoms with E-state index in [0.717, 1.165) is 16.7 Å². The summed E-state index contributed by atoms with van der Waals surface area (Å²) in [7, 11) is -2.73. The normalized spacial score (nSPS) is 11.2. The second-order valence-electron chi connectivity index (χ2n) is 7.66. The molecule has 10 heteroatoms. The summed E-state index contributed by atoms with van der Waals surface area (Å²) in [6, 6.07) is 16.4. The lowest BCUT2D eigenvalue weighted by molar-refractivity contribution is 0.102. The summed E-state index contributed by atoms with van der Waals surface area (Å²) in [5, 5.41) is 5.04. The van der Waals surface area contributed by atoms with E-state index in [-0.39, 0.29) is 22.2 Å². The molecule has 0 unspecified atom stereocenters. The van der Waals surface area contributed by atoms with Gasteiger partial charge in [0.1, 0.15) is 10.7 Å². The lowest BCUT2D eigenvalue weighted by atomic mass is 10.1. The maximum Gasteiger partial charge on any atom is 0.275 e. The summed E-state index contributed by atoms with van der Waals surface area (Å²) in [6.07, 6.45) is 2.00. The molecule has 0 aliphatic heterocycles. The van der Waals surface area contributed by atoms with Gasteiger partial charge in [-0.1, -0.05) is 55.5 Å². The highest BCUT2D eigenvalue weighted by Crippen LogP contribution is 2.30. The molecule has 180 valence electrons. The number of nitrogens with zero attached hydrogens (tertiary/aromatic N) is 2. The van der Waals surface area contributed by atoms with Crippen LogP contribution < -0.4 is 14.8 Å². The van der Waals surface area contributed by atoms with Crippen LogP contribution in [0.15, 0.2) is 71.1 Å². The van der Waals surface area contributed by atoms with Gasteiger partial charge < -0.3 is 10.1 Å². The monoisotopic (exact) mass is 508 g/mol. The third kappa shape index (κ3) is 5.33. The zero-order valence-electron chi connectivity index (χ0n) is 19.4. The van der Waals surface area contributed by atoms with Crippen molar-refractivity contribution in [2.24, 2.45) is 0 Å². The Morgan fingerprint density at radius 2 is 1.89 bits per heavy atom. The molecule has 0 saturated carbocycles. The summed E-state index contributed by atoms with van der Waals surface area (Å²) in [4.78, 5) is 21.1. The van der Waals surface area contributed by atoms with Gasteiger partial charge in [-0.05, 0) is 30.5 Å². The molecule has 0 aliphatic carbocycles. The molecule has 2 N–H and O–H groups in total. The Morgan fingerprint density at radius 1 is 1.11 bits per heavy atom. The molecule has 4 aromatic rings. The number of nitrogens with one attached hydrogen (secondary N) is 2. The number of benzene rings is 2. The van der Waals surface area contributed by atoms with Gasteiger partial charge in [0.2, 0.25) is 5.88 Å². The molecule has 0 bridgehead atoms. The average molecular weight is 509 g/mol. The van der Waals surface area contributed by atoms with Gasteiger partial charge in [0.05, 0.1) is 24.7 Å². The number of sulfonamides is 1. The molecule has 0 spiro atoms. The largest absolute Gasteiger partial charge is 0.480 e. The number of thiazole rings is 1. The van der Waals surface area contributed by atoms with Gasteiger partial charge in [0, 0.05) is 10.9 Å². The lowest BCUT2D eigenvalue weighted by Crippen LogP contribution is -2.18. The van der Waals surface area contributed by atoms with Gasteiger partial charge in [-0.3, -0.25) is 9.52 Å². The number of carbonyl (C=O) groups is 1. The van der Waals surface area contributed by atoms with Crippen molar-refractivity contribution in [3.63, 3.8) is 0 Å². The summed E-state index contributed by atoms with van der Waals surface area (Å²) in [6.45, 7) is 3.78. The van der Waals surface area contributed by atoms with Gasteiger partial charge in [-0.25, -0.2) is 18.4 Å². The number of hydrogen-bond acceptors (Lipinski definition) is 7. The van der Waals surface area contributed by atoms with Crippen LogP contribution >= 0.6 is 11.3 Å². The molecular weight excluding hydrogens is 484 g/mol. The number of aryl methyl sites for hydroxylation is 2. The third-order valence-corrected chi connectivity index (χ3v) is 7.53. The smallest absolute Gasteiger partial charge is 0.275 e. The Kier molecular flexibility index (Phi) is 7.13. The molecule has 4 rings (SSSR count). The Morgan fingerprint density at radius 3 is 2.60 bits per heavy atom. The number of anilines is 2. The van der Waals surface area contributed by atoms with E-state index in [9.17, 15) is 13.2 Å². The predicted molar refractivity (Wildman–Crippen MR) is 138 cm³/mol. The summed E-state index contributed by atoms with van der Waals surface area (Å²) < 4.78 is 34.5. The third-order valence-electron chi connectivity index (χ3n) is 5.29. The summed E-state index contributed by atoms with van der Waals surface area (Å²) >= 11 is 1.35. The van der Waals surface area contributed by atoms with Crippen molar-refractivity contribution < 1.29 is 17.9 Å². The first-order chi connectivity index (χ1) is 16.8. The van der Waals surface area contributed by atoms with Crippen LogP contribution in [0.4, 0.5) is 11.4 Å². The second-order valence-corrected chi connectivity index (χ2v) is 10.2. The highest BCUT2D eigenvalue weighted by molar-refractivity contribution is 7.92. The summed E-state index contributed by atoms with van der Waals surface area (Å²) in [5.41, 5.74) is 3.50. The minimum absolute atomic E-state index is 0.0813. The number of para-hydroxylation sites is 1. The molecule has 35 heavy (non-hydrogen) atoms. The maximum atomic E-state index is 13.3. The molecule has 0 saturated heterocycles. The van der Waals surface area contributed by atoms with Crippen molar-refractivity contribution >= 4 is 38.6 Å². The van der Waals surface area contributed by atoms with E-state index in [1.54, 1.807) is 5.38 Å². The van der Waals surface area contributed by atoms with Crippen LogP contribution in [0.2, 0.25) is 0 Å². The van der Waals surface area contributed by atoms with Crippen molar-refractivity contribution in [3.8, 4) is 16.5 Å². The van der Waals surface area contributed by atoms with E-state index in [0.29, 0.717) is 17.1 Å². The van der Waals surface area contributed by atoms with E-state index < -0.39 is 15.9 Å². The van der Waals surface area contributed by atoms with Gasteiger partial charge in [0.15, 0.2) is 4.90 Å². The Balaban J connectivity index is 1.61. The zero-order valence-corrected chi connectivity index (χ0v) is 21.0. The molecule has 0 radical (unpaired) electrons. The Labute approximate surface area is 208 Å². The average Bonchev–Trinajstić information content (AvgIpc) is 3.36. The fraction of sp³-hybridized carbons (Fsp3) is 0.160. The van der Waals surface area contributed by atoms with Crippen LogP contribution in [0.3, 0.4) is 0 Å². The molecule has 1 amide bonds. The number of rotatable bonds is 8. The highest BCUT2D eigenvalue weighted by Gasteiger charge is 2.24. The van der Waals surface area contributed by atoms with Crippen molar-refractivity contribution in [1.29, 1.82) is 0 Å². The van der Waals surface area contributed by atoms with Crippen molar-refractivity contribution in [2.45, 2.75) is 25.2 Å². The van der Waals surface area contributed by atoms with Gasteiger partial charge >= 0.3 is 0 Å². The number of amides is 1. The quantitative estimate of drug-likeness (QED) is 0.341. The number of pyridine rings is 1. The maximum absolute atomic E-state index is 13.3. The number of hydrogen-bond donors (Lipinski definition) is 2. The van der Waals surface area contributed by atoms with Crippen LogP contribution in [0.25, 0.3) is 10.6 Å².